The lowest BCUT2D eigenvalue weighted by atomic mass is 10.0. The van der Waals surface area contributed by atoms with Crippen LogP contribution in [0, 0.1) is 5.92 Å². The minimum atomic E-state index is 0.0754. The van der Waals surface area contributed by atoms with Gasteiger partial charge in [-0.3, -0.25) is 14.9 Å². The second kappa shape index (κ2) is 6.52. The lowest BCUT2D eigenvalue weighted by molar-refractivity contribution is -0.117. The zero-order valence-electron chi connectivity index (χ0n) is 16.0. The monoisotopic (exact) mass is 394 g/mol. The van der Waals surface area contributed by atoms with Gasteiger partial charge in [-0.2, -0.15) is 5.10 Å². The Kier molecular flexibility index (Phi) is 3.67. The summed E-state index contributed by atoms with van der Waals surface area (Å²) in [6.07, 6.45) is 5.43. The molecule has 30 heavy (non-hydrogen) atoms. The second-order valence-corrected chi connectivity index (χ2v) is 7.66. The fourth-order valence-electron chi connectivity index (χ4n) is 3.70. The molecule has 0 radical (unpaired) electrons. The van der Waals surface area contributed by atoms with Gasteiger partial charge < -0.3 is 10.3 Å². The number of H-pyrrole nitrogens is 2. The molecule has 5 aromatic rings. The van der Waals surface area contributed by atoms with Crippen LogP contribution in [0.15, 0.2) is 60.9 Å². The average molecular weight is 394 g/mol. The van der Waals surface area contributed by atoms with Crippen molar-refractivity contribution in [3.63, 3.8) is 0 Å². The number of nitrogens with one attached hydrogen (secondary N) is 3. The first-order valence-corrected chi connectivity index (χ1v) is 9.94. The van der Waals surface area contributed by atoms with Crippen LogP contribution < -0.4 is 5.32 Å². The van der Waals surface area contributed by atoms with Gasteiger partial charge in [-0.15, -0.1) is 0 Å². The zero-order valence-corrected chi connectivity index (χ0v) is 16.0. The number of rotatable bonds is 4. The Morgan fingerprint density at radius 1 is 1.00 bits per heavy atom. The third kappa shape index (κ3) is 2.91. The number of nitrogens with zero attached hydrogens (tertiary/aromatic N) is 3. The lowest BCUT2D eigenvalue weighted by Crippen LogP contribution is -2.13. The van der Waals surface area contributed by atoms with Crippen molar-refractivity contribution in [2.75, 3.05) is 5.32 Å². The van der Waals surface area contributed by atoms with Crippen molar-refractivity contribution in [2.45, 2.75) is 12.8 Å². The van der Waals surface area contributed by atoms with E-state index in [1.54, 1.807) is 12.4 Å². The highest BCUT2D eigenvalue weighted by atomic mass is 16.2. The average Bonchev–Trinajstić information content (AvgIpc) is 3.40. The standard InChI is InChI=1S/C23H18N6O/c30-23(13-5-6-13)25-16-9-15(11-24-12-16)14-7-8-18-17(10-14)21(29-28-18)22-26-19-3-1-2-4-20(19)27-22/h1-4,7-13H,5-6H2,(H,25,30)(H,26,27)(H,28,29). The Morgan fingerprint density at radius 2 is 1.90 bits per heavy atom. The maximum Gasteiger partial charge on any atom is 0.227 e. The van der Waals surface area contributed by atoms with Crippen LogP contribution in [0.5, 0.6) is 0 Å². The summed E-state index contributed by atoms with van der Waals surface area (Å²) in [5, 5.41) is 11.5. The molecular formula is C23H18N6O. The van der Waals surface area contributed by atoms with Gasteiger partial charge in [-0.25, -0.2) is 4.98 Å². The molecule has 146 valence electrons. The van der Waals surface area contributed by atoms with Crippen molar-refractivity contribution < 1.29 is 4.79 Å². The van der Waals surface area contributed by atoms with Gasteiger partial charge in [0.25, 0.3) is 0 Å². The van der Waals surface area contributed by atoms with Crippen LogP contribution in [0.3, 0.4) is 0 Å². The van der Waals surface area contributed by atoms with Crippen molar-refractivity contribution in [3.8, 4) is 22.6 Å². The highest BCUT2D eigenvalue weighted by molar-refractivity contribution is 5.97. The molecule has 6 rings (SSSR count). The third-order valence-corrected chi connectivity index (χ3v) is 5.46. The fraction of sp³-hybridized carbons (Fsp3) is 0.130. The number of pyridine rings is 1. The van der Waals surface area contributed by atoms with Crippen LogP contribution >= 0.6 is 0 Å². The molecule has 0 spiro atoms. The molecule has 0 bridgehead atoms. The molecule has 3 N–H and O–H groups in total. The Morgan fingerprint density at radius 3 is 2.77 bits per heavy atom. The Labute approximate surface area is 171 Å². The van der Waals surface area contributed by atoms with Crippen LogP contribution in [0.2, 0.25) is 0 Å². The first kappa shape index (κ1) is 16.9. The number of hydrogen-bond acceptors (Lipinski definition) is 4. The summed E-state index contributed by atoms with van der Waals surface area (Å²) >= 11 is 0. The topological polar surface area (TPSA) is 99.3 Å². The van der Waals surface area contributed by atoms with Crippen molar-refractivity contribution in [1.82, 2.24) is 25.1 Å². The van der Waals surface area contributed by atoms with E-state index in [9.17, 15) is 4.79 Å². The van der Waals surface area contributed by atoms with E-state index in [1.807, 2.05) is 42.5 Å². The number of aromatic nitrogens is 5. The van der Waals surface area contributed by atoms with Gasteiger partial charge in [-0.05, 0) is 48.7 Å². The predicted octanol–water partition coefficient (Wildman–Crippen LogP) is 4.52. The van der Waals surface area contributed by atoms with E-state index in [0.29, 0.717) is 5.69 Å². The molecule has 1 aliphatic rings. The first-order valence-electron chi connectivity index (χ1n) is 9.94. The van der Waals surface area contributed by atoms with E-state index in [-0.39, 0.29) is 11.8 Å². The van der Waals surface area contributed by atoms with Crippen LogP contribution in [-0.4, -0.2) is 31.1 Å². The highest BCUT2D eigenvalue weighted by Gasteiger charge is 2.29. The summed E-state index contributed by atoms with van der Waals surface area (Å²) in [5.74, 6) is 0.955. The van der Waals surface area contributed by atoms with Crippen molar-refractivity contribution in [2.24, 2.45) is 5.92 Å². The summed E-state index contributed by atoms with van der Waals surface area (Å²) in [7, 11) is 0. The largest absolute Gasteiger partial charge is 0.337 e. The summed E-state index contributed by atoms with van der Waals surface area (Å²) in [6.45, 7) is 0. The van der Waals surface area contributed by atoms with E-state index in [4.69, 9.17) is 0 Å². The maximum atomic E-state index is 12.1. The van der Waals surface area contributed by atoms with Crippen molar-refractivity contribution in [3.05, 3.63) is 60.9 Å². The Bertz CT molecular complexity index is 1380. The number of benzene rings is 2. The van der Waals surface area contributed by atoms with E-state index in [2.05, 4.69) is 36.5 Å². The van der Waals surface area contributed by atoms with Crippen LogP contribution in [-0.2, 0) is 4.79 Å². The number of fused-ring (bicyclic) bond motifs is 2. The molecule has 1 fully saturated rings. The molecule has 3 aromatic heterocycles. The lowest BCUT2D eigenvalue weighted by Gasteiger charge is -2.07. The number of anilines is 1. The number of para-hydroxylation sites is 2. The first-order chi connectivity index (χ1) is 14.7. The Balaban J connectivity index is 1.40. The van der Waals surface area contributed by atoms with Gasteiger partial charge in [0.1, 0.15) is 5.69 Å². The van der Waals surface area contributed by atoms with Crippen molar-refractivity contribution in [1.29, 1.82) is 0 Å². The van der Waals surface area contributed by atoms with Crippen molar-refractivity contribution >= 4 is 33.5 Å². The highest BCUT2D eigenvalue weighted by Crippen LogP contribution is 2.32. The maximum absolute atomic E-state index is 12.1. The number of carbonyl (C=O) groups excluding carboxylic acids is 1. The SMILES string of the molecule is O=C(Nc1cncc(-c2ccc3[nH]nc(-c4nc5ccccc5[nH]4)c3c2)c1)C1CC1. The Hall–Kier alpha value is -4.00. The molecule has 2 aromatic carbocycles. The quantitative estimate of drug-likeness (QED) is 0.417. The minimum absolute atomic E-state index is 0.0754. The van der Waals surface area contributed by atoms with E-state index in [0.717, 1.165) is 57.4 Å². The van der Waals surface area contributed by atoms with Crippen LogP contribution in [0.25, 0.3) is 44.6 Å². The fourth-order valence-corrected chi connectivity index (χ4v) is 3.70. The molecule has 0 aliphatic heterocycles. The number of hydrogen-bond donors (Lipinski definition) is 3. The zero-order chi connectivity index (χ0) is 20.1. The summed E-state index contributed by atoms with van der Waals surface area (Å²) in [5.41, 5.74) is 6.23. The number of amides is 1. The van der Waals surface area contributed by atoms with Gasteiger partial charge in [0.05, 0.1) is 28.4 Å². The smallest absolute Gasteiger partial charge is 0.227 e. The molecule has 0 saturated heterocycles. The molecule has 7 heteroatoms. The molecule has 1 saturated carbocycles. The number of aromatic amines is 2. The van der Waals surface area contributed by atoms with Gasteiger partial charge in [0, 0.05) is 23.1 Å². The third-order valence-electron chi connectivity index (χ3n) is 5.46. The molecule has 0 atom stereocenters. The van der Waals surface area contributed by atoms with Crippen LogP contribution in [0.4, 0.5) is 5.69 Å². The molecule has 3 heterocycles. The van der Waals surface area contributed by atoms with Crippen LogP contribution in [0.1, 0.15) is 12.8 Å². The summed E-state index contributed by atoms with van der Waals surface area (Å²) in [6, 6.07) is 16.0. The van der Waals surface area contributed by atoms with E-state index in [1.165, 1.54) is 0 Å². The second-order valence-electron chi connectivity index (χ2n) is 7.66. The van der Waals surface area contributed by atoms with E-state index >= 15 is 0 Å². The molecule has 0 unspecified atom stereocenters. The predicted molar refractivity (Wildman–Crippen MR) is 116 cm³/mol. The molecule has 1 aliphatic carbocycles. The molecule has 1 amide bonds. The molecular weight excluding hydrogens is 376 g/mol. The normalized spacial score (nSPS) is 13.7. The van der Waals surface area contributed by atoms with Gasteiger partial charge in [0.15, 0.2) is 5.82 Å². The summed E-state index contributed by atoms with van der Waals surface area (Å²) < 4.78 is 0. The molecule has 7 nitrogen and oxygen atoms in total. The van der Waals surface area contributed by atoms with Gasteiger partial charge in [0.2, 0.25) is 5.91 Å². The minimum Gasteiger partial charge on any atom is -0.337 e. The number of imidazole rings is 1. The summed E-state index contributed by atoms with van der Waals surface area (Å²) in [4.78, 5) is 24.4. The van der Waals surface area contributed by atoms with Gasteiger partial charge >= 0.3 is 0 Å². The number of carbonyl (C=O) groups is 1. The van der Waals surface area contributed by atoms with Gasteiger partial charge in [-0.1, -0.05) is 18.2 Å². The van der Waals surface area contributed by atoms with E-state index < -0.39 is 0 Å².